The van der Waals surface area contributed by atoms with E-state index >= 15 is 0 Å². The molecule has 23 heavy (non-hydrogen) atoms. The van der Waals surface area contributed by atoms with Gasteiger partial charge in [-0.15, -0.1) is 0 Å². The van der Waals surface area contributed by atoms with Crippen molar-refractivity contribution in [3.8, 4) is 5.75 Å². The van der Waals surface area contributed by atoms with Crippen LogP contribution < -0.4 is 15.8 Å². The third kappa shape index (κ3) is 5.84. The summed E-state index contributed by atoms with van der Waals surface area (Å²) in [7, 11) is 1.54. The summed E-state index contributed by atoms with van der Waals surface area (Å²) in [4.78, 5) is 23.6. The molecule has 0 aliphatic heterocycles. The molecule has 1 rings (SSSR count). The molecule has 1 aromatic carbocycles. The van der Waals surface area contributed by atoms with Crippen LogP contribution in [0.4, 0.5) is 4.79 Å². The number of ether oxygens (including phenoxy) is 2. The number of methoxy groups -OCH3 is 1. The number of rotatable bonds is 6. The van der Waals surface area contributed by atoms with Gasteiger partial charge in [0, 0.05) is 17.4 Å². The molecular formula is C16H23BrN2O4. The lowest BCUT2D eigenvalue weighted by molar-refractivity contribution is -0.113. The largest absolute Gasteiger partial charge is 0.496 e. The highest BCUT2D eigenvalue weighted by Gasteiger charge is 2.33. The van der Waals surface area contributed by atoms with Crippen LogP contribution in [0.5, 0.6) is 5.75 Å². The summed E-state index contributed by atoms with van der Waals surface area (Å²) in [5.74, 6) is 0.602. The predicted octanol–water partition coefficient (Wildman–Crippen LogP) is 2.42. The van der Waals surface area contributed by atoms with Gasteiger partial charge < -0.3 is 25.3 Å². The first-order chi connectivity index (χ1) is 10.6. The van der Waals surface area contributed by atoms with E-state index in [0.717, 1.165) is 10.0 Å². The molecule has 0 radical (unpaired) electrons. The van der Waals surface area contributed by atoms with Crippen molar-refractivity contribution in [3.05, 3.63) is 28.2 Å². The average molecular weight is 387 g/mol. The second-order valence-corrected chi connectivity index (χ2v) is 7.15. The van der Waals surface area contributed by atoms with E-state index in [9.17, 15) is 9.59 Å². The molecule has 0 heterocycles. The zero-order valence-corrected chi connectivity index (χ0v) is 15.4. The smallest absolute Gasteiger partial charge is 0.408 e. The Morgan fingerprint density at radius 1 is 1.39 bits per heavy atom. The van der Waals surface area contributed by atoms with Crippen molar-refractivity contribution >= 4 is 28.3 Å². The summed E-state index contributed by atoms with van der Waals surface area (Å²) >= 11 is 3.36. The number of amides is 1. The van der Waals surface area contributed by atoms with Gasteiger partial charge in [-0.1, -0.05) is 22.0 Å². The SMILES string of the molecule is COc1cc(Br)ccc1C[C@](C=O)(CN)NC(=O)OC(C)(C)C. The number of carbonyl (C=O) groups excluding carboxylic acids is 2. The number of benzene rings is 1. The molecule has 0 fully saturated rings. The monoisotopic (exact) mass is 386 g/mol. The van der Waals surface area contributed by atoms with Crippen LogP contribution in [0.1, 0.15) is 26.3 Å². The lowest BCUT2D eigenvalue weighted by Crippen LogP contribution is -2.57. The van der Waals surface area contributed by atoms with E-state index in [1.165, 1.54) is 7.11 Å². The van der Waals surface area contributed by atoms with E-state index in [0.29, 0.717) is 12.0 Å². The molecule has 128 valence electrons. The fourth-order valence-corrected chi connectivity index (χ4v) is 2.34. The molecule has 7 heteroatoms. The lowest BCUT2D eigenvalue weighted by Gasteiger charge is -2.30. The van der Waals surface area contributed by atoms with Gasteiger partial charge in [0.1, 0.15) is 23.2 Å². The molecule has 0 spiro atoms. The van der Waals surface area contributed by atoms with Gasteiger partial charge in [0.25, 0.3) is 0 Å². The molecule has 0 aliphatic carbocycles. The number of nitrogens with two attached hydrogens (primary N) is 1. The Kier molecular flexibility index (Phi) is 6.58. The standard InChI is InChI=1S/C16H23BrN2O4/c1-15(2,3)23-14(21)19-16(9-18,10-20)8-11-5-6-12(17)7-13(11)22-4/h5-7,10H,8-9,18H2,1-4H3,(H,19,21)/t16-/m1/s1. The Morgan fingerprint density at radius 2 is 2.04 bits per heavy atom. The number of hydrogen-bond acceptors (Lipinski definition) is 5. The van der Waals surface area contributed by atoms with Crippen LogP contribution >= 0.6 is 15.9 Å². The van der Waals surface area contributed by atoms with Crippen LogP contribution in [0.2, 0.25) is 0 Å². The zero-order chi connectivity index (χ0) is 17.7. The first kappa shape index (κ1) is 19.4. The topological polar surface area (TPSA) is 90.6 Å². The van der Waals surface area contributed by atoms with Gasteiger partial charge in [-0.25, -0.2) is 4.79 Å². The fourth-order valence-electron chi connectivity index (χ4n) is 2.00. The van der Waals surface area contributed by atoms with Crippen molar-refractivity contribution < 1.29 is 19.1 Å². The molecule has 1 atom stereocenters. The normalized spacial score (nSPS) is 13.8. The molecule has 1 aromatic rings. The van der Waals surface area contributed by atoms with Crippen molar-refractivity contribution in [2.75, 3.05) is 13.7 Å². The molecule has 0 unspecified atom stereocenters. The Hall–Kier alpha value is -1.60. The van der Waals surface area contributed by atoms with Crippen molar-refractivity contribution in [2.24, 2.45) is 5.73 Å². The predicted molar refractivity (Wildman–Crippen MR) is 91.6 cm³/mol. The second-order valence-electron chi connectivity index (χ2n) is 6.24. The molecule has 0 bridgehead atoms. The number of carbonyl (C=O) groups is 2. The Balaban J connectivity index is 3.02. The third-order valence-electron chi connectivity index (χ3n) is 3.09. The molecule has 0 saturated carbocycles. The quantitative estimate of drug-likeness (QED) is 0.732. The molecule has 3 N–H and O–H groups in total. The first-order valence-electron chi connectivity index (χ1n) is 7.15. The maximum Gasteiger partial charge on any atom is 0.408 e. The van der Waals surface area contributed by atoms with Gasteiger partial charge in [0.05, 0.1) is 7.11 Å². The molecule has 6 nitrogen and oxygen atoms in total. The fraction of sp³-hybridized carbons (Fsp3) is 0.500. The molecule has 1 amide bonds. The average Bonchev–Trinajstić information content (AvgIpc) is 2.46. The number of halogens is 1. The summed E-state index contributed by atoms with van der Waals surface area (Å²) in [6.07, 6.45) is 0.146. The minimum Gasteiger partial charge on any atom is -0.496 e. The van der Waals surface area contributed by atoms with E-state index in [1.54, 1.807) is 26.8 Å². The van der Waals surface area contributed by atoms with Crippen LogP contribution in [0, 0.1) is 0 Å². The van der Waals surface area contributed by atoms with Crippen molar-refractivity contribution in [2.45, 2.75) is 38.3 Å². The van der Waals surface area contributed by atoms with Gasteiger partial charge in [0.2, 0.25) is 0 Å². The highest BCUT2D eigenvalue weighted by molar-refractivity contribution is 9.10. The summed E-state index contributed by atoms with van der Waals surface area (Å²) in [6.45, 7) is 5.18. The Labute approximate surface area is 144 Å². The number of hydrogen-bond donors (Lipinski definition) is 2. The lowest BCUT2D eigenvalue weighted by atomic mass is 9.92. The molecular weight excluding hydrogens is 364 g/mol. The van der Waals surface area contributed by atoms with Gasteiger partial charge >= 0.3 is 6.09 Å². The van der Waals surface area contributed by atoms with Crippen LogP contribution in [0.25, 0.3) is 0 Å². The molecule has 0 saturated heterocycles. The van der Waals surface area contributed by atoms with Gasteiger partial charge in [-0.2, -0.15) is 0 Å². The second kappa shape index (κ2) is 7.79. The Morgan fingerprint density at radius 3 is 2.52 bits per heavy atom. The van der Waals surface area contributed by atoms with Crippen LogP contribution in [0.15, 0.2) is 22.7 Å². The minimum absolute atomic E-state index is 0.0606. The maximum atomic E-state index is 12.0. The number of nitrogens with one attached hydrogen (secondary N) is 1. The highest BCUT2D eigenvalue weighted by Crippen LogP contribution is 2.26. The molecule has 0 aromatic heterocycles. The van der Waals surface area contributed by atoms with E-state index in [-0.39, 0.29) is 13.0 Å². The van der Waals surface area contributed by atoms with Crippen molar-refractivity contribution in [3.63, 3.8) is 0 Å². The molecule has 0 aliphatic rings. The third-order valence-corrected chi connectivity index (χ3v) is 3.59. The summed E-state index contributed by atoms with van der Waals surface area (Å²) < 4.78 is 11.4. The van der Waals surface area contributed by atoms with E-state index in [2.05, 4.69) is 21.2 Å². The first-order valence-corrected chi connectivity index (χ1v) is 7.94. The van der Waals surface area contributed by atoms with Crippen LogP contribution in [-0.2, 0) is 16.0 Å². The highest BCUT2D eigenvalue weighted by atomic mass is 79.9. The van der Waals surface area contributed by atoms with Gasteiger partial charge in [0.15, 0.2) is 0 Å². The van der Waals surface area contributed by atoms with Crippen LogP contribution in [0.3, 0.4) is 0 Å². The Bertz CT molecular complexity index is 572. The van der Waals surface area contributed by atoms with Crippen molar-refractivity contribution in [1.82, 2.24) is 5.32 Å². The number of alkyl carbamates (subject to hydrolysis) is 1. The number of aldehydes is 1. The summed E-state index contributed by atoms with van der Waals surface area (Å²) in [6, 6.07) is 5.43. The van der Waals surface area contributed by atoms with Crippen molar-refractivity contribution in [1.29, 1.82) is 0 Å². The summed E-state index contributed by atoms with van der Waals surface area (Å²) in [5, 5.41) is 2.58. The summed E-state index contributed by atoms with van der Waals surface area (Å²) in [5.41, 5.74) is 4.58. The van der Waals surface area contributed by atoms with E-state index in [4.69, 9.17) is 15.2 Å². The van der Waals surface area contributed by atoms with E-state index in [1.807, 2.05) is 12.1 Å². The van der Waals surface area contributed by atoms with Gasteiger partial charge in [-0.05, 0) is 38.5 Å². The van der Waals surface area contributed by atoms with Crippen LogP contribution in [-0.4, -0.2) is 37.2 Å². The van der Waals surface area contributed by atoms with Gasteiger partial charge in [-0.3, -0.25) is 0 Å². The minimum atomic E-state index is -1.26. The van der Waals surface area contributed by atoms with E-state index < -0.39 is 17.2 Å². The zero-order valence-electron chi connectivity index (χ0n) is 13.8. The maximum absolute atomic E-state index is 12.0.